The Morgan fingerprint density at radius 3 is 2.88 bits per heavy atom. The van der Waals surface area contributed by atoms with Gasteiger partial charge in [0.2, 0.25) is 0 Å². The highest BCUT2D eigenvalue weighted by molar-refractivity contribution is 7.14. The number of halogens is 1. The molecule has 6 heteroatoms. The van der Waals surface area contributed by atoms with Crippen molar-refractivity contribution in [3.63, 3.8) is 0 Å². The predicted molar refractivity (Wildman–Crippen MR) is 96.6 cm³/mol. The van der Waals surface area contributed by atoms with Crippen molar-refractivity contribution >= 4 is 29.2 Å². The van der Waals surface area contributed by atoms with E-state index in [1.807, 2.05) is 6.07 Å². The number of hydrazine groups is 1. The summed E-state index contributed by atoms with van der Waals surface area (Å²) in [7, 11) is 0. The van der Waals surface area contributed by atoms with Crippen molar-refractivity contribution in [1.82, 2.24) is 10.9 Å². The summed E-state index contributed by atoms with van der Waals surface area (Å²) in [4.78, 5) is 25.8. The van der Waals surface area contributed by atoms with Gasteiger partial charge in [-0.2, -0.15) is 0 Å². The van der Waals surface area contributed by atoms with Gasteiger partial charge in [-0.25, -0.2) is 4.39 Å². The minimum absolute atomic E-state index is 0.309. The Morgan fingerprint density at radius 1 is 1.28 bits per heavy atom. The largest absolute Gasteiger partial charge is 0.279 e. The molecule has 3 rings (SSSR count). The van der Waals surface area contributed by atoms with Crippen LogP contribution in [0.3, 0.4) is 0 Å². The molecular formula is C19H19FN2O2S. The van der Waals surface area contributed by atoms with Crippen LogP contribution in [0.15, 0.2) is 36.4 Å². The van der Waals surface area contributed by atoms with Crippen LogP contribution in [0.4, 0.5) is 4.39 Å². The van der Waals surface area contributed by atoms with Crippen LogP contribution in [0.1, 0.15) is 39.0 Å². The van der Waals surface area contributed by atoms with Crippen LogP contribution >= 0.6 is 11.3 Å². The predicted octanol–water partition coefficient (Wildman–Crippen LogP) is 3.49. The molecule has 1 heterocycles. The molecule has 1 aromatic carbocycles. The van der Waals surface area contributed by atoms with E-state index in [4.69, 9.17) is 0 Å². The fraction of sp³-hybridized carbons (Fsp3) is 0.263. The van der Waals surface area contributed by atoms with Gasteiger partial charge in [-0.05, 0) is 49.0 Å². The third-order valence-corrected chi connectivity index (χ3v) is 5.41. The minimum Gasteiger partial charge on any atom is -0.268 e. The highest BCUT2D eigenvalue weighted by Crippen LogP contribution is 2.32. The summed E-state index contributed by atoms with van der Waals surface area (Å²) in [5.41, 5.74) is 6.26. The first-order valence-electron chi connectivity index (χ1n) is 8.17. The Bertz CT molecular complexity index is 829. The molecule has 0 spiro atoms. The highest BCUT2D eigenvalue weighted by atomic mass is 32.1. The fourth-order valence-corrected chi connectivity index (χ4v) is 3.92. The van der Waals surface area contributed by atoms with Gasteiger partial charge in [-0.15, -0.1) is 11.3 Å². The molecule has 1 aliphatic rings. The van der Waals surface area contributed by atoms with Gasteiger partial charge in [0.15, 0.2) is 0 Å². The molecule has 1 aromatic heterocycles. The number of hydrogen-bond acceptors (Lipinski definition) is 3. The zero-order chi connectivity index (χ0) is 17.8. The van der Waals surface area contributed by atoms with Crippen LogP contribution in [-0.4, -0.2) is 11.8 Å². The van der Waals surface area contributed by atoms with Crippen molar-refractivity contribution in [2.45, 2.75) is 26.2 Å². The topological polar surface area (TPSA) is 58.2 Å². The second-order valence-corrected chi connectivity index (χ2v) is 7.34. The molecule has 0 aliphatic heterocycles. The number of amides is 2. The number of fused-ring (bicyclic) bond motifs is 1. The van der Waals surface area contributed by atoms with E-state index in [-0.39, 0.29) is 5.91 Å². The van der Waals surface area contributed by atoms with Crippen LogP contribution in [0.2, 0.25) is 0 Å². The van der Waals surface area contributed by atoms with E-state index in [0.29, 0.717) is 16.4 Å². The van der Waals surface area contributed by atoms with Gasteiger partial charge in [-0.1, -0.05) is 25.1 Å². The number of aryl methyl sites for hydroxylation is 1. The number of benzene rings is 1. The fourth-order valence-electron chi connectivity index (χ4n) is 2.82. The molecule has 0 saturated carbocycles. The zero-order valence-electron chi connectivity index (χ0n) is 13.8. The lowest BCUT2D eigenvalue weighted by molar-refractivity contribution is -0.117. The summed E-state index contributed by atoms with van der Waals surface area (Å²) in [5, 5.41) is 0. The standard InChI is InChI=1S/C19H19FN2O2S/c1-12-6-8-16-14(10-12)11-17(25-16)19(24)22-21-18(23)9-7-13-4-2-3-5-15(13)20/h2-5,7,9,11-12H,6,8,10H2,1H3,(H,21,23)(H,22,24)/b9-7+/t12-/m1/s1. The van der Waals surface area contributed by atoms with Crippen LogP contribution in [-0.2, 0) is 17.6 Å². The Morgan fingerprint density at radius 2 is 2.08 bits per heavy atom. The second-order valence-electron chi connectivity index (χ2n) is 6.21. The van der Waals surface area contributed by atoms with Crippen molar-refractivity contribution in [2.24, 2.45) is 5.92 Å². The highest BCUT2D eigenvalue weighted by Gasteiger charge is 2.20. The molecule has 2 N–H and O–H groups in total. The van der Waals surface area contributed by atoms with E-state index in [1.165, 1.54) is 40.0 Å². The van der Waals surface area contributed by atoms with Crippen molar-refractivity contribution in [3.05, 3.63) is 63.1 Å². The van der Waals surface area contributed by atoms with E-state index < -0.39 is 11.7 Å². The molecule has 1 aliphatic carbocycles. The molecular weight excluding hydrogens is 339 g/mol. The first kappa shape index (κ1) is 17.4. The maximum absolute atomic E-state index is 13.5. The number of carbonyl (C=O) groups excluding carboxylic acids is 2. The first-order valence-corrected chi connectivity index (χ1v) is 8.99. The Kier molecular flexibility index (Phi) is 5.28. The smallest absolute Gasteiger partial charge is 0.268 e. The molecule has 0 saturated heterocycles. The summed E-state index contributed by atoms with van der Waals surface area (Å²) in [6, 6.07) is 8.05. The summed E-state index contributed by atoms with van der Waals surface area (Å²) in [6.45, 7) is 2.21. The van der Waals surface area contributed by atoms with Crippen molar-refractivity contribution in [1.29, 1.82) is 0 Å². The normalized spacial score (nSPS) is 16.5. The second kappa shape index (κ2) is 7.61. The lowest BCUT2D eigenvalue weighted by Crippen LogP contribution is -2.40. The summed E-state index contributed by atoms with van der Waals surface area (Å²) in [6.07, 6.45) is 5.69. The monoisotopic (exact) mass is 358 g/mol. The lowest BCUT2D eigenvalue weighted by atomic mass is 9.90. The summed E-state index contributed by atoms with van der Waals surface area (Å²) >= 11 is 1.48. The van der Waals surface area contributed by atoms with Crippen LogP contribution < -0.4 is 10.9 Å². The lowest BCUT2D eigenvalue weighted by Gasteiger charge is -2.16. The molecule has 25 heavy (non-hydrogen) atoms. The van der Waals surface area contributed by atoms with E-state index in [1.54, 1.807) is 18.2 Å². The van der Waals surface area contributed by atoms with E-state index in [9.17, 15) is 14.0 Å². The van der Waals surface area contributed by atoms with Crippen LogP contribution in [0.5, 0.6) is 0 Å². The maximum Gasteiger partial charge on any atom is 0.279 e. The Balaban J connectivity index is 1.55. The first-order chi connectivity index (χ1) is 12.0. The number of nitrogens with one attached hydrogen (secondary N) is 2. The molecule has 4 nitrogen and oxygen atoms in total. The molecule has 1 atom stereocenters. The molecule has 0 fully saturated rings. The van der Waals surface area contributed by atoms with Crippen molar-refractivity contribution in [3.8, 4) is 0 Å². The Labute approximate surface area is 149 Å². The minimum atomic E-state index is -0.522. The van der Waals surface area contributed by atoms with Gasteiger partial charge in [0.25, 0.3) is 11.8 Å². The quantitative estimate of drug-likeness (QED) is 0.652. The van der Waals surface area contributed by atoms with Gasteiger partial charge in [0, 0.05) is 16.5 Å². The number of hydrogen-bond donors (Lipinski definition) is 2. The zero-order valence-corrected chi connectivity index (χ0v) is 14.7. The van der Waals surface area contributed by atoms with Crippen molar-refractivity contribution < 1.29 is 14.0 Å². The third kappa shape index (κ3) is 4.33. The molecule has 0 radical (unpaired) electrons. The van der Waals surface area contributed by atoms with E-state index in [0.717, 1.165) is 19.3 Å². The molecule has 0 bridgehead atoms. The molecule has 2 amide bonds. The summed E-state index contributed by atoms with van der Waals surface area (Å²) < 4.78 is 13.5. The van der Waals surface area contributed by atoms with E-state index in [2.05, 4.69) is 17.8 Å². The number of thiophene rings is 1. The van der Waals surface area contributed by atoms with Crippen LogP contribution in [0, 0.1) is 11.7 Å². The van der Waals surface area contributed by atoms with Gasteiger partial charge in [0.05, 0.1) is 4.88 Å². The SMILES string of the molecule is C[C@@H]1CCc2sc(C(=O)NNC(=O)/C=C/c3ccccc3F)cc2C1. The van der Waals surface area contributed by atoms with Crippen LogP contribution in [0.25, 0.3) is 6.08 Å². The van der Waals surface area contributed by atoms with Crippen molar-refractivity contribution in [2.75, 3.05) is 0 Å². The summed E-state index contributed by atoms with van der Waals surface area (Å²) in [5.74, 6) is -0.624. The van der Waals surface area contributed by atoms with Gasteiger partial charge < -0.3 is 0 Å². The molecule has 130 valence electrons. The average Bonchev–Trinajstić information content (AvgIpc) is 3.02. The van der Waals surface area contributed by atoms with Gasteiger partial charge >= 0.3 is 0 Å². The molecule has 2 aromatic rings. The Hall–Kier alpha value is -2.47. The van der Waals surface area contributed by atoms with Gasteiger partial charge in [0.1, 0.15) is 5.82 Å². The number of rotatable bonds is 3. The maximum atomic E-state index is 13.5. The van der Waals surface area contributed by atoms with E-state index >= 15 is 0 Å². The molecule has 0 unspecified atom stereocenters. The van der Waals surface area contributed by atoms with Gasteiger partial charge in [-0.3, -0.25) is 20.4 Å². The average molecular weight is 358 g/mol. The third-order valence-electron chi connectivity index (χ3n) is 4.17. The number of carbonyl (C=O) groups is 2.